The van der Waals surface area contributed by atoms with E-state index in [1.54, 1.807) is 0 Å². The first-order valence-electron chi connectivity index (χ1n) is 6.19. The maximum atomic E-state index is 5.76. The third-order valence-electron chi connectivity index (χ3n) is 2.73. The van der Waals surface area contributed by atoms with E-state index in [1.807, 2.05) is 25.1 Å². The molecule has 0 N–H and O–H groups in total. The van der Waals surface area contributed by atoms with Crippen molar-refractivity contribution in [2.75, 3.05) is 0 Å². The van der Waals surface area contributed by atoms with Crippen molar-refractivity contribution in [3.8, 4) is 5.75 Å². The molecule has 1 nitrogen and oxygen atoms in total. The molecule has 2 aromatic carbocycles. The van der Waals surface area contributed by atoms with Gasteiger partial charge >= 0.3 is 0 Å². The van der Waals surface area contributed by atoms with Crippen LogP contribution in [0.3, 0.4) is 0 Å². The second-order valence-corrected chi connectivity index (χ2v) is 4.35. The van der Waals surface area contributed by atoms with Gasteiger partial charge in [0.25, 0.3) is 0 Å². The summed E-state index contributed by atoms with van der Waals surface area (Å²) in [4.78, 5) is 0. The van der Waals surface area contributed by atoms with E-state index in [0.717, 1.165) is 5.75 Å². The molecule has 0 saturated carbocycles. The average molecular weight is 238 g/mol. The van der Waals surface area contributed by atoms with Crippen LogP contribution >= 0.6 is 0 Å². The normalized spacial score (nSPS) is 10.8. The summed E-state index contributed by atoms with van der Waals surface area (Å²) in [7, 11) is 0. The van der Waals surface area contributed by atoms with Crippen molar-refractivity contribution in [3.63, 3.8) is 0 Å². The van der Waals surface area contributed by atoms with Crippen molar-refractivity contribution in [2.45, 2.75) is 20.5 Å². The molecule has 0 aliphatic heterocycles. The third-order valence-corrected chi connectivity index (χ3v) is 2.73. The molecule has 0 bridgehead atoms. The van der Waals surface area contributed by atoms with E-state index in [0.29, 0.717) is 6.61 Å². The largest absolute Gasteiger partial charge is 0.489 e. The molecule has 2 aromatic rings. The van der Waals surface area contributed by atoms with E-state index in [4.69, 9.17) is 4.74 Å². The van der Waals surface area contributed by atoms with Crippen LogP contribution in [0.1, 0.15) is 23.6 Å². The molecule has 0 saturated heterocycles. The number of allylic oxidation sites excluding steroid dienone is 1. The fourth-order valence-corrected chi connectivity index (χ4v) is 1.84. The topological polar surface area (TPSA) is 9.23 Å². The second kappa shape index (κ2) is 6.06. The fourth-order valence-electron chi connectivity index (χ4n) is 1.84. The summed E-state index contributed by atoms with van der Waals surface area (Å²) in [6.45, 7) is 4.72. The molecule has 0 aliphatic rings. The van der Waals surface area contributed by atoms with Gasteiger partial charge in [-0.25, -0.2) is 0 Å². The van der Waals surface area contributed by atoms with Gasteiger partial charge in [0, 0.05) is 0 Å². The van der Waals surface area contributed by atoms with Gasteiger partial charge in [-0.3, -0.25) is 0 Å². The van der Waals surface area contributed by atoms with Crippen molar-refractivity contribution in [2.24, 2.45) is 0 Å². The molecule has 0 spiro atoms. The lowest BCUT2D eigenvalue weighted by Gasteiger charge is -2.07. The van der Waals surface area contributed by atoms with E-state index in [-0.39, 0.29) is 0 Å². The first-order chi connectivity index (χ1) is 8.78. The zero-order valence-corrected chi connectivity index (χ0v) is 10.9. The Hall–Kier alpha value is -2.02. The minimum atomic E-state index is 0.616. The molecule has 2 rings (SSSR count). The smallest absolute Gasteiger partial charge is 0.119 e. The first kappa shape index (κ1) is 12.4. The summed E-state index contributed by atoms with van der Waals surface area (Å²) in [5.41, 5.74) is 3.66. The Bertz CT molecular complexity index is 524. The summed E-state index contributed by atoms with van der Waals surface area (Å²) < 4.78 is 5.76. The molecule has 18 heavy (non-hydrogen) atoms. The highest BCUT2D eigenvalue weighted by Crippen LogP contribution is 2.15. The zero-order chi connectivity index (χ0) is 12.8. The standard InChI is InChI=1S/C17H18O/c1-3-5-15-8-10-17(11-9-15)18-13-16-7-4-6-14(2)12-16/h3-12H,13H2,1-2H3/b5-3+. The van der Waals surface area contributed by atoms with Gasteiger partial charge in [-0.2, -0.15) is 0 Å². The van der Waals surface area contributed by atoms with Crippen LogP contribution in [0.4, 0.5) is 0 Å². The van der Waals surface area contributed by atoms with Crippen LogP contribution in [-0.2, 0) is 6.61 Å². The Morgan fingerprint density at radius 1 is 1.06 bits per heavy atom. The predicted molar refractivity (Wildman–Crippen MR) is 76.7 cm³/mol. The number of hydrogen-bond donors (Lipinski definition) is 0. The summed E-state index contributed by atoms with van der Waals surface area (Å²) >= 11 is 0. The Balaban J connectivity index is 1.98. The van der Waals surface area contributed by atoms with Crippen molar-refractivity contribution >= 4 is 6.08 Å². The fraction of sp³-hybridized carbons (Fsp3) is 0.176. The molecule has 0 fully saturated rings. The summed E-state index contributed by atoms with van der Waals surface area (Å²) in [5.74, 6) is 0.907. The summed E-state index contributed by atoms with van der Waals surface area (Å²) in [5, 5.41) is 0. The number of rotatable bonds is 4. The van der Waals surface area contributed by atoms with Crippen LogP contribution < -0.4 is 4.74 Å². The van der Waals surface area contributed by atoms with Gasteiger partial charge in [-0.1, -0.05) is 54.1 Å². The van der Waals surface area contributed by atoms with Gasteiger partial charge in [-0.05, 0) is 37.1 Å². The quantitative estimate of drug-likeness (QED) is 0.756. The molecule has 1 heteroatoms. The summed E-state index contributed by atoms with van der Waals surface area (Å²) in [6, 6.07) is 16.5. The van der Waals surface area contributed by atoms with Crippen LogP contribution in [0.2, 0.25) is 0 Å². The number of benzene rings is 2. The molecular weight excluding hydrogens is 220 g/mol. The molecule has 0 unspecified atom stereocenters. The van der Waals surface area contributed by atoms with Crippen molar-refractivity contribution in [1.82, 2.24) is 0 Å². The van der Waals surface area contributed by atoms with Gasteiger partial charge in [0.1, 0.15) is 12.4 Å². The van der Waals surface area contributed by atoms with Crippen LogP contribution in [0, 0.1) is 6.92 Å². The van der Waals surface area contributed by atoms with E-state index in [2.05, 4.69) is 49.4 Å². The summed E-state index contributed by atoms with van der Waals surface area (Å²) in [6.07, 6.45) is 4.10. The third kappa shape index (κ3) is 3.49. The molecule has 0 radical (unpaired) electrons. The van der Waals surface area contributed by atoms with Gasteiger partial charge in [0.15, 0.2) is 0 Å². The van der Waals surface area contributed by atoms with Gasteiger partial charge in [0.2, 0.25) is 0 Å². The van der Waals surface area contributed by atoms with E-state index >= 15 is 0 Å². The minimum absolute atomic E-state index is 0.616. The number of hydrogen-bond acceptors (Lipinski definition) is 1. The van der Waals surface area contributed by atoms with Crippen LogP contribution in [0.15, 0.2) is 54.6 Å². The number of aryl methyl sites for hydroxylation is 1. The Morgan fingerprint density at radius 2 is 1.83 bits per heavy atom. The molecule has 0 atom stereocenters. The predicted octanol–water partition coefficient (Wildman–Crippen LogP) is 4.61. The average Bonchev–Trinajstić information content (AvgIpc) is 2.38. The van der Waals surface area contributed by atoms with Crippen molar-refractivity contribution in [3.05, 3.63) is 71.3 Å². The second-order valence-electron chi connectivity index (χ2n) is 4.35. The maximum absolute atomic E-state index is 5.76. The lowest BCUT2D eigenvalue weighted by atomic mass is 10.1. The Morgan fingerprint density at radius 3 is 2.50 bits per heavy atom. The number of ether oxygens (including phenoxy) is 1. The maximum Gasteiger partial charge on any atom is 0.119 e. The molecule has 92 valence electrons. The SMILES string of the molecule is C/C=C/c1ccc(OCc2cccc(C)c2)cc1. The Labute approximate surface area is 109 Å². The van der Waals surface area contributed by atoms with Gasteiger partial charge in [0.05, 0.1) is 0 Å². The molecule has 0 amide bonds. The van der Waals surface area contributed by atoms with Crippen LogP contribution in [0.25, 0.3) is 6.08 Å². The lowest BCUT2D eigenvalue weighted by Crippen LogP contribution is -1.95. The molecular formula is C17H18O. The molecule has 0 aromatic heterocycles. The molecule has 0 heterocycles. The highest BCUT2D eigenvalue weighted by atomic mass is 16.5. The molecule has 0 aliphatic carbocycles. The lowest BCUT2D eigenvalue weighted by molar-refractivity contribution is 0.306. The van der Waals surface area contributed by atoms with E-state index in [9.17, 15) is 0 Å². The minimum Gasteiger partial charge on any atom is -0.489 e. The monoisotopic (exact) mass is 238 g/mol. The van der Waals surface area contributed by atoms with E-state index in [1.165, 1.54) is 16.7 Å². The van der Waals surface area contributed by atoms with Crippen LogP contribution in [0.5, 0.6) is 5.75 Å². The highest BCUT2D eigenvalue weighted by molar-refractivity contribution is 5.50. The van der Waals surface area contributed by atoms with Crippen molar-refractivity contribution in [1.29, 1.82) is 0 Å². The van der Waals surface area contributed by atoms with Gasteiger partial charge < -0.3 is 4.74 Å². The van der Waals surface area contributed by atoms with Crippen molar-refractivity contribution < 1.29 is 4.74 Å². The Kier molecular flexibility index (Phi) is 4.19. The van der Waals surface area contributed by atoms with E-state index < -0.39 is 0 Å². The van der Waals surface area contributed by atoms with Crippen LogP contribution in [-0.4, -0.2) is 0 Å². The first-order valence-corrected chi connectivity index (χ1v) is 6.19. The van der Waals surface area contributed by atoms with Gasteiger partial charge in [-0.15, -0.1) is 0 Å². The zero-order valence-electron chi connectivity index (χ0n) is 10.9. The highest BCUT2D eigenvalue weighted by Gasteiger charge is 1.96.